The van der Waals surface area contributed by atoms with Gasteiger partial charge in [-0.3, -0.25) is 0 Å². The fraction of sp³-hybridized carbons (Fsp3) is 0.625. The van der Waals surface area contributed by atoms with Gasteiger partial charge >= 0.3 is 0 Å². The first-order valence-corrected chi connectivity index (χ1v) is 5.01. The van der Waals surface area contributed by atoms with Crippen molar-refractivity contribution in [3.8, 4) is 0 Å². The van der Waals surface area contributed by atoms with Gasteiger partial charge in [0.05, 0.1) is 0 Å². The average molecular weight is 232 g/mol. The molecule has 0 radical (unpaired) electrons. The maximum absolute atomic E-state index is 12.7. The average Bonchev–Trinajstić information content (AvgIpc) is 2.82. The van der Waals surface area contributed by atoms with Crippen LogP contribution >= 0.6 is 12.2 Å². The van der Waals surface area contributed by atoms with Crippen molar-refractivity contribution >= 4 is 17.2 Å². The summed E-state index contributed by atoms with van der Waals surface area (Å²) in [5.74, 6) is 0.448. The molecule has 2 N–H and O–H groups in total. The van der Waals surface area contributed by atoms with Crippen LogP contribution in [-0.4, -0.2) is 20.0 Å². The Morgan fingerprint density at radius 3 is 2.73 bits per heavy atom. The molecule has 1 heterocycles. The van der Waals surface area contributed by atoms with E-state index in [1.165, 1.54) is 4.68 Å². The van der Waals surface area contributed by atoms with E-state index < -0.39 is 6.43 Å². The van der Waals surface area contributed by atoms with Crippen LogP contribution in [0.25, 0.3) is 0 Å². The Balaban J connectivity index is 2.31. The Bertz CT molecular complexity index is 386. The number of halogens is 2. The molecule has 0 unspecified atom stereocenters. The van der Waals surface area contributed by atoms with Gasteiger partial charge in [0.1, 0.15) is 16.4 Å². The molecule has 0 bridgehead atoms. The molecule has 82 valence electrons. The Kier molecular flexibility index (Phi) is 2.64. The highest BCUT2D eigenvalue weighted by atomic mass is 32.1. The van der Waals surface area contributed by atoms with E-state index in [0.29, 0.717) is 12.5 Å². The lowest BCUT2D eigenvalue weighted by atomic mass is 10.3. The highest BCUT2D eigenvalue weighted by molar-refractivity contribution is 7.80. The van der Waals surface area contributed by atoms with E-state index in [1.54, 1.807) is 0 Å². The summed E-state index contributed by atoms with van der Waals surface area (Å²) in [5.41, 5.74) is 4.98. The monoisotopic (exact) mass is 232 g/mol. The molecule has 0 atom stereocenters. The summed E-state index contributed by atoms with van der Waals surface area (Å²) in [7, 11) is 0. The van der Waals surface area contributed by atoms with E-state index in [2.05, 4.69) is 22.5 Å². The number of hydrogen-bond acceptors (Lipinski definition) is 3. The largest absolute Gasteiger partial charge is 0.388 e. The summed E-state index contributed by atoms with van der Waals surface area (Å²) >= 11 is 4.64. The van der Waals surface area contributed by atoms with Crippen molar-refractivity contribution < 1.29 is 8.78 Å². The summed E-state index contributed by atoms with van der Waals surface area (Å²) in [4.78, 5) is -0.132. The van der Waals surface area contributed by atoms with Crippen molar-refractivity contribution in [1.29, 1.82) is 0 Å². The fourth-order valence-electron chi connectivity index (χ4n) is 1.39. The van der Waals surface area contributed by atoms with Crippen LogP contribution in [-0.2, 0) is 6.54 Å². The first kappa shape index (κ1) is 10.4. The molecule has 0 amide bonds. The smallest absolute Gasteiger partial charge is 0.282 e. The molecule has 0 aliphatic heterocycles. The first-order chi connectivity index (χ1) is 7.09. The number of alkyl halides is 2. The number of nitrogens with two attached hydrogens (primary N) is 1. The van der Waals surface area contributed by atoms with Crippen molar-refractivity contribution in [3.63, 3.8) is 0 Å². The van der Waals surface area contributed by atoms with Crippen molar-refractivity contribution in [1.82, 2.24) is 15.0 Å². The molecule has 2 rings (SSSR count). The molecule has 0 aromatic carbocycles. The topological polar surface area (TPSA) is 56.7 Å². The molecule has 1 aliphatic rings. The Hall–Kier alpha value is -1.11. The Labute approximate surface area is 90.4 Å². The summed E-state index contributed by atoms with van der Waals surface area (Å²) in [5, 5.41) is 7.24. The molecule has 0 spiro atoms. The van der Waals surface area contributed by atoms with E-state index in [1.807, 2.05) is 0 Å². The van der Waals surface area contributed by atoms with E-state index in [0.717, 1.165) is 12.8 Å². The van der Waals surface area contributed by atoms with Crippen molar-refractivity contribution in [2.24, 2.45) is 11.7 Å². The van der Waals surface area contributed by atoms with Crippen LogP contribution in [0.3, 0.4) is 0 Å². The Morgan fingerprint density at radius 1 is 1.60 bits per heavy atom. The maximum atomic E-state index is 12.7. The highest BCUT2D eigenvalue weighted by Gasteiger charge is 2.28. The third-order valence-electron chi connectivity index (χ3n) is 2.34. The lowest BCUT2D eigenvalue weighted by Crippen LogP contribution is -2.15. The zero-order valence-corrected chi connectivity index (χ0v) is 8.68. The summed E-state index contributed by atoms with van der Waals surface area (Å²) < 4.78 is 26.7. The summed E-state index contributed by atoms with van der Waals surface area (Å²) in [6, 6.07) is 0. The van der Waals surface area contributed by atoms with Gasteiger partial charge in [0.25, 0.3) is 6.43 Å². The van der Waals surface area contributed by atoms with Gasteiger partial charge in [-0.25, -0.2) is 13.5 Å². The molecule has 1 aliphatic carbocycles. The second kappa shape index (κ2) is 3.80. The van der Waals surface area contributed by atoms with Crippen LogP contribution in [0.1, 0.15) is 30.7 Å². The van der Waals surface area contributed by atoms with Gasteiger partial charge in [0, 0.05) is 6.54 Å². The summed E-state index contributed by atoms with van der Waals surface area (Å²) in [6.45, 7) is 0.481. The SMILES string of the molecule is NC(=S)c1nnn(CC2CC2)c1C(F)F. The van der Waals surface area contributed by atoms with E-state index in [-0.39, 0.29) is 16.4 Å². The zero-order chi connectivity index (χ0) is 11.0. The van der Waals surface area contributed by atoms with Crippen LogP contribution in [0.5, 0.6) is 0 Å². The molecule has 1 aromatic rings. The van der Waals surface area contributed by atoms with E-state index in [9.17, 15) is 8.78 Å². The van der Waals surface area contributed by atoms with Gasteiger partial charge in [-0.05, 0) is 18.8 Å². The maximum Gasteiger partial charge on any atom is 0.282 e. The van der Waals surface area contributed by atoms with Gasteiger partial charge in [-0.15, -0.1) is 5.10 Å². The molecule has 1 saturated carbocycles. The number of hydrogen-bond donors (Lipinski definition) is 1. The van der Waals surface area contributed by atoms with Gasteiger partial charge in [0.2, 0.25) is 0 Å². The zero-order valence-electron chi connectivity index (χ0n) is 7.86. The molecule has 1 aromatic heterocycles. The molecule has 15 heavy (non-hydrogen) atoms. The lowest BCUT2D eigenvalue weighted by molar-refractivity contribution is 0.138. The standard InChI is InChI=1S/C8H10F2N4S/c9-7(10)6-5(8(11)15)12-13-14(6)3-4-1-2-4/h4,7H,1-3H2,(H2,11,15). The minimum Gasteiger partial charge on any atom is -0.388 e. The first-order valence-electron chi connectivity index (χ1n) is 4.61. The third-order valence-corrected chi connectivity index (χ3v) is 2.53. The van der Waals surface area contributed by atoms with Gasteiger partial charge in [-0.1, -0.05) is 17.4 Å². The summed E-state index contributed by atoms with van der Waals surface area (Å²) in [6.07, 6.45) is -0.522. The molecular formula is C8H10F2N4S. The van der Waals surface area contributed by atoms with Gasteiger partial charge < -0.3 is 5.73 Å². The number of aromatic nitrogens is 3. The van der Waals surface area contributed by atoms with E-state index >= 15 is 0 Å². The van der Waals surface area contributed by atoms with Gasteiger partial charge in [0.15, 0.2) is 0 Å². The fourth-order valence-corrected chi connectivity index (χ4v) is 1.54. The predicted octanol–water partition coefficient (Wildman–Crippen LogP) is 1.26. The number of thiocarbonyl (C=S) groups is 1. The molecular weight excluding hydrogens is 222 g/mol. The second-order valence-corrected chi connectivity index (χ2v) is 4.05. The van der Waals surface area contributed by atoms with Crippen LogP contribution in [0, 0.1) is 5.92 Å². The molecule has 1 fully saturated rings. The Morgan fingerprint density at radius 2 is 2.27 bits per heavy atom. The number of nitrogens with zero attached hydrogens (tertiary/aromatic N) is 3. The van der Waals surface area contributed by atoms with Crippen LogP contribution in [0.2, 0.25) is 0 Å². The van der Waals surface area contributed by atoms with Gasteiger partial charge in [-0.2, -0.15) is 0 Å². The van der Waals surface area contributed by atoms with Crippen molar-refractivity contribution in [2.75, 3.05) is 0 Å². The quantitative estimate of drug-likeness (QED) is 0.794. The second-order valence-electron chi connectivity index (χ2n) is 3.61. The lowest BCUT2D eigenvalue weighted by Gasteiger charge is -2.05. The van der Waals surface area contributed by atoms with Crippen LogP contribution < -0.4 is 5.73 Å². The van der Waals surface area contributed by atoms with E-state index in [4.69, 9.17) is 5.73 Å². The minimum absolute atomic E-state index is 0.0550. The molecule has 7 heteroatoms. The molecule has 4 nitrogen and oxygen atoms in total. The van der Waals surface area contributed by atoms with Crippen molar-refractivity contribution in [3.05, 3.63) is 11.4 Å². The molecule has 0 saturated heterocycles. The normalized spacial score (nSPS) is 15.9. The minimum atomic E-state index is -2.64. The third kappa shape index (κ3) is 2.11. The highest BCUT2D eigenvalue weighted by Crippen LogP contribution is 2.32. The predicted molar refractivity (Wildman–Crippen MR) is 53.6 cm³/mol. The van der Waals surface area contributed by atoms with Crippen LogP contribution in [0.15, 0.2) is 0 Å². The van der Waals surface area contributed by atoms with Crippen LogP contribution in [0.4, 0.5) is 8.78 Å². The number of rotatable bonds is 4. The van der Waals surface area contributed by atoms with Crippen molar-refractivity contribution in [2.45, 2.75) is 25.8 Å².